The average molecular weight is 258 g/mol. The molecule has 1 unspecified atom stereocenters. The van der Waals surface area contributed by atoms with Gasteiger partial charge in [-0.3, -0.25) is 4.79 Å². The van der Waals surface area contributed by atoms with E-state index in [1.807, 2.05) is 6.92 Å². The first-order chi connectivity index (χ1) is 8.02. The number of aliphatic carboxylic acids is 1. The van der Waals surface area contributed by atoms with Crippen LogP contribution in [-0.2, 0) is 4.79 Å². The lowest BCUT2D eigenvalue weighted by molar-refractivity contribution is -0.135. The fourth-order valence-electron chi connectivity index (χ4n) is 1.46. The fraction of sp³-hybridized carbons (Fsp3) is 0.417. The van der Waals surface area contributed by atoms with Gasteiger partial charge in [0.2, 0.25) is 0 Å². The lowest BCUT2D eigenvalue weighted by atomic mass is 10.2. The summed E-state index contributed by atoms with van der Waals surface area (Å²) in [4.78, 5) is 12.4. The molecular weight excluding hydrogens is 242 g/mol. The quantitative estimate of drug-likeness (QED) is 0.818. The highest BCUT2D eigenvalue weighted by molar-refractivity contribution is 6.30. The van der Waals surface area contributed by atoms with Crippen molar-refractivity contribution in [2.45, 2.75) is 19.4 Å². The summed E-state index contributed by atoms with van der Waals surface area (Å²) in [7, 11) is 0. The number of benzene rings is 1. The molecule has 0 aliphatic rings. The highest BCUT2D eigenvalue weighted by atomic mass is 35.5. The first-order valence-electron chi connectivity index (χ1n) is 5.43. The van der Waals surface area contributed by atoms with E-state index in [4.69, 9.17) is 16.7 Å². The van der Waals surface area contributed by atoms with Crippen LogP contribution in [0.2, 0.25) is 5.02 Å². The van der Waals surface area contributed by atoms with Crippen LogP contribution in [0.5, 0.6) is 0 Å². The lowest BCUT2D eigenvalue weighted by Gasteiger charge is -2.25. The predicted octanol–water partition coefficient (Wildman–Crippen LogP) is 2.00. The molecule has 0 heterocycles. The second-order valence-corrected chi connectivity index (χ2v) is 4.25. The van der Waals surface area contributed by atoms with Crippen LogP contribution in [0, 0.1) is 0 Å². The molecule has 1 aromatic rings. The molecule has 0 amide bonds. The zero-order valence-electron chi connectivity index (χ0n) is 9.64. The molecule has 0 saturated carbocycles. The SMILES string of the molecule is CCC(O)CN(CC(=O)O)c1ccc(Cl)cc1. The summed E-state index contributed by atoms with van der Waals surface area (Å²) in [6.45, 7) is 2.01. The minimum absolute atomic E-state index is 0.140. The van der Waals surface area contributed by atoms with Gasteiger partial charge in [-0.25, -0.2) is 0 Å². The van der Waals surface area contributed by atoms with Crippen molar-refractivity contribution in [1.82, 2.24) is 0 Å². The third-order valence-electron chi connectivity index (χ3n) is 2.42. The molecule has 0 radical (unpaired) electrons. The number of hydrogen-bond donors (Lipinski definition) is 2. The summed E-state index contributed by atoms with van der Waals surface area (Å²) >= 11 is 5.77. The minimum Gasteiger partial charge on any atom is -0.480 e. The van der Waals surface area contributed by atoms with Crippen LogP contribution in [0.15, 0.2) is 24.3 Å². The average Bonchev–Trinajstić information content (AvgIpc) is 2.28. The summed E-state index contributed by atoms with van der Waals surface area (Å²) in [6.07, 6.45) is 0.0500. The topological polar surface area (TPSA) is 60.8 Å². The number of carboxylic acid groups (broad SMARTS) is 1. The number of anilines is 1. The van der Waals surface area contributed by atoms with Crippen molar-refractivity contribution in [3.05, 3.63) is 29.3 Å². The van der Waals surface area contributed by atoms with E-state index < -0.39 is 12.1 Å². The number of rotatable bonds is 6. The molecule has 17 heavy (non-hydrogen) atoms. The van der Waals surface area contributed by atoms with Crippen molar-refractivity contribution in [2.75, 3.05) is 18.0 Å². The van der Waals surface area contributed by atoms with Crippen LogP contribution in [0.25, 0.3) is 0 Å². The second-order valence-electron chi connectivity index (χ2n) is 3.81. The molecule has 0 spiro atoms. The molecule has 2 N–H and O–H groups in total. The molecule has 0 fully saturated rings. The number of carboxylic acids is 1. The standard InChI is InChI=1S/C12H16ClNO3/c1-2-11(15)7-14(8-12(16)17)10-5-3-9(13)4-6-10/h3-6,11,15H,2,7-8H2,1H3,(H,16,17). The van der Waals surface area contributed by atoms with E-state index in [9.17, 15) is 9.90 Å². The Morgan fingerprint density at radius 2 is 2.00 bits per heavy atom. The molecule has 0 saturated heterocycles. The van der Waals surface area contributed by atoms with E-state index in [0.717, 1.165) is 5.69 Å². The van der Waals surface area contributed by atoms with Crippen molar-refractivity contribution < 1.29 is 15.0 Å². The van der Waals surface area contributed by atoms with Crippen LogP contribution >= 0.6 is 11.6 Å². The molecule has 4 nitrogen and oxygen atoms in total. The van der Waals surface area contributed by atoms with Gasteiger partial charge in [0, 0.05) is 17.3 Å². The Kier molecular flexibility index (Phi) is 5.25. The number of aliphatic hydroxyl groups is 1. The van der Waals surface area contributed by atoms with Gasteiger partial charge in [0.05, 0.1) is 6.10 Å². The van der Waals surface area contributed by atoms with E-state index in [2.05, 4.69) is 0 Å². The monoisotopic (exact) mass is 257 g/mol. The van der Waals surface area contributed by atoms with Gasteiger partial charge in [0.15, 0.2) is 0 Å². The fourth-order valence-corrected chi connectivity index (χ4v) is 1.59. The van der Waals surface area contributed by atoms with Crippen LogP contribution in [0.4, 0.5) is 5.69 Å². The van der Waals surface area contributed by atoms with Gasteiger partial charge in [-0.2, -0.15) is 0 Å². The summed E-state index contributed by atoms with van der Waals surface area (Å²) in [6, 6.07) is 6.88. The number of halogens is 1. The van der Waals surface area contributed by atoms with Crippen LogP contribution < -0.4 is 4.90 Å². The Balaban J connectivity index is 2.81. The smallest absolute Gasteiger partial charge is 0.323 e. The molecule has 0 bridgehead atoms. The maximum Gasteiger partial charge on any atom is 0.323 e. The van der Waals surface area contributed by atoms with Crippen molar-refractivity contribution in [3.8, 4) is 0 Å². The highest BCUT2D eigenvalue weighted by Crippen LogP contribution is 2.18. The molecule has 5 heteroatoms. The second kappa shape index (κ2) is 6.47. The molecular formula is C12H16ClNO3. The van der Waals surface area contributed by atoms with Gasteiger partial charge >= 0.3 is 5.97 Å². The molecule has 1 rings (SSSR count). The van der Waals surface area contributed by atoms with E-state index in [0.29, 0.717) is 18.0 Å². The van der Waals surface area contributed by atoms with Gasteiger partial charge < -0.3 is 15.1 Å². The lowest BCUT2D eigenvalue weighted by Crippen LogP contribution is -2.36. The van der Waals surface area contributed by atoms with Crippen molar-refractivity contribution in [1.29, 1.82) is 0 Å². The molecule has 94 valence electrons. The Morgan fingerprint density at radius 3 is 2.47 bits per heavy atom. The first kappa shape index (κ1) is 13.8. The Bertz CT molecular complexity index is 367. The van der Waals surface area contributed by atoms with Gasteiger partial charge in [-0.05, 0) is 30.7 Å². The van der Waals surface area contributed by atoms with Crippen molar-refractivity contribution in [3.63, 3.8) is 0 Å². The first-order valence-corrected chi connectivity index (χ1v) is 5.81. The Hall–Kier alpha value is -1.26. The normalized spacial score (nSPS) is 12.2. The van der Waals surface area contributed by atoms with Crippen LogP contribution in [0.1, 0.15) is 13.3 Å². The Labute approximate surface area is 105 Å². The van der Waals surface area contributed by atoms with Crippen molar-refractivity contribution >= 4 is 23.3 Å². The third-order valence-corrected chi connectivity index (χ3v) is 2.67. The van der Waals surface area contributed by atoms with E-state index >= 15 is 0 Å². The zero-order chi connectivity index (χ0) is 12.8. The van der Waals surface area contributed by atoms with Gasteiger partial charge in [-0.15, -0.1) is 0 Å². The summed E-state index contributed by atoms with van der Waals surface area (Å²) in [5.74, 6) is -0.928. The molecule has 0 aliphatic carbocycles. The van der Waals surface area contributed by atoms with E-state index in [1.54, 1.807) is 29.2 Å². The number of nitrogens with zero attached hydrogens (tertiary/aromatic N) is 1. The van der Waals surface area contributed by atoms with Gasteiger partial charge in [0.25, 0.3) is 0 Å². The Morgan fingerprint density at radius 1 is 1.41 bits per heavy atom. The summed E-state index contributed by atoms with van der Waals surface area (Å²) in [5, 5.41) is 19.0. The third kappa shape index (κ3) is 4.63. The van der Waals surface area contributed by atoms with Gasteiger partial charge in [-0.1, -0.05) is 18.5 Å². The van der Waals surface area contributed by atoms with E-state index in [-0.39, 0.29) is 6.54 Å². The molecule has 1 atom stereocenters. The zero-order valence-corrected chi connectivity index (χ0v) is 10.4. The number of aliphatic hydroxyl groups excluding tert-OH is 1. The molecule has 0 aromatic heterocycles. The highest BCUT2D eigenvalue weighted by Gasteiger charge is 2.14. The predicted molar refractivity (Wildman–Crippen MR) is 67.6 cm³/mol. The van der Waals surface area contributed by atoms with Gasteiger partial charge in [0.1, 0.15) is 6.54 Å². The van der Waals surface area contributed by atoms with Crippen LogP contribution in [0.3, 0.4) is 0 Å². The number of carbonyl (C=O) groups is 1. The van der Waals surface area contributed by atoms with Crippen molar-refractivity contribution in [2.24, 2.45) is 0 Å². The molecule has 0 aliphatic heterocycles. The largest absolute Gasteiger partial charge is 0.480 e. The van der Waals surface area contributed by atoms with E-state index in [1.165, 1.54) is 0 Å². The maximum absolute atomic E-state index is 10.8. The van der Waals surface area contributed by atoms with Crippen LogP contribution in [-0.4, -0.2) is 35.4 Å². The molecule has 1 aromatic carbocycles. The summed E-state index contributed by atoms with van der Waals surface area (Å²) in [5.41, 5.74) is 0.740. The minimum atomic E-state index is -0.928. The summed E-state index contributed by atoms with van der Waals surface area (Å²) < 4.78 is 0. The maximum atomic E-state index is 10.8. The number of hydrogen-bond acceptors (Lipinski definition) is 3.